The van der Waals surface area contributed by atoms with Crippen LogP contribution >= 0.6 is 0 Å². The molecule has 0 bridgehead atoms. The van der Waals surface area contributed by atoms with Crippen LogP contribution in [0.1, 0.15) is 36.0 Å². The highest BCUT2D eigenvalue weighted by Crippen LogP contribution is 2.18. The Morgan fingerprint density at radius 2 is 1.79 bits per heavy atom. The number of nitrogens with zero attached hydrogens (tertiary/aromatic N) is 3. The molecule has 2 aromatic rings. The summed E-state index contributed by atoms with van der Waals surface area (Å²) in [5, 5.41) is 0. The van der Waals surface area contributed by atoms with Gasteiger partial charge in [-0.05, 0) is 42.4 Å². The SMILES string of the molecule is O=C1CCCCN1CC(=O)N1CCc2cc(=O)n(CCc3ccccc3)cc2C1. The Morgan fingerprint density at radius 1 is 0.966 bits per heavy atom. The van der Waals surface area contributed by atoms with E-state index in [-0.39, 0.29) is 23.9 Å². The average molecular weight is 393 g/mol. The predicted octanol–water partition coefficient (Wildman–Crippen LogP) is 1.99. The van der Waals surface area contributed by atoms with E-state index in [0.29, 0.717) is 39.0 Å². The van der Waals surface area contributed by atoms with E-state index in [4.69, 9.17) is 0 Å². The van der Waals surface area contributed by atoms with Gasteiger partial charge in [-0.2, -0.15) is 0 Å². The molecule has 2 aliphatic heterocycles. The number of carbonyl (C=O) groups excluding carboxylic acids is 2. The molecule has 0 unspecified atom stereocenters. The second-order valence-electron chi connectivity index (χ2n) is 7.93. The summed E-state index contributed by atoms with van der Waals surface area (Å²) in [4.78, 5) is 40.7. The van der Waals surface area contributed by atoms with Crippen LogP contribution in [0.25, 0.3) is 0 Å². The number of piperidine rings is 1. The summed E-state index contributed by atoms with van der Waals surface area (Å²) < 4.78 is 1.74. The number of pyridine rings is 1. The van der Waals surface area contributed by atoms with E-state index in [1.807, 2.05) is 29.3 Å². The molecule has 152 valence electrons. The fraction of sp³-hybridized carbons (Fsp3) is 0.435. The van der Waals surface area contributed by atoms with E-state index in [9.17, 15) is 14.4 Å². The van der Waals surface area contributed by atoms with Crippen LogP contribution < -0.4 is 5.56 Å². The van der Waals surface area contributed by atoms with Gasteiger partial charge in [0.05, 0.1) is 6.54 Å². The summed E-state index contributed by atoms with van der Waals surface area (Å²) in [5.74, 6) is 0.0738. The number of amides is 2. The molecule has 6 nitrogen and oxygen atoms in total. The molecule has 0 aliphatic carbocycles. The molecule has 6 heteroatoms. The van der Waals surface area contributed by atoms with Crippen LogP contribution in [0.4, 0.5) is 0 Å². The van der Waals surface area contributed by atoms with Crippen LogP contribution in [0, 0.1) is 0 Å². The minimum absolute atomic E-state index is 0.00654. The van der Waals surface area contributed by atoms with Gasteiger partial charge in [-0.25, -0.2) is 0 Å². The fourth-order valence-corrected chi connectivity index (χ4v) is 4.15. The Kier molecular flexibility index (Phi) is 5.79. The van der Waals surface area contributed by atoms with Crippen molar-refractivity contribution in [2.45, 2.75) is 45.2 Å². The van der Waals surface area contributed by atoms with Crippen molar-refractivity contribution < 1.29 is 9.59 Å². The zero-order chi connectivity index (χ0) is 20.2. The maximum absolute atomic E-state index is 12.7. The van der Waals surface area contributed by atoms with Gasteiger partial charge in [0.25, 0.3) is 5.56 Å². The van der Waals surface area contributed by atoms with Gasteiger partial charge in [0.2, 0.25) is 11.8 Å². The first-order valence-corrected chi connectivity index (χ1v) is 10.4. The molecule has 0 spiro atoms. The molecule has 0 saturated carbocycles. The van der Waals surface area contributed by atoms with Crippen LogP contribution in [0.2, 0.25) is 0 Å². The number of likely N-dealkylation sites (tertiary alicyclic amines) is 1. The van der Waals surface area contributed by atoms with E-state index < -0.39 is 0 Å². The van der Waals surface area contributed by atoms with E-state index in [2.05, 4.69) is 12.1 Å². The van der Waals surface area contributed by atoms with Gasteiger partial charge >= 0.3 is 0 Å². The van der Waals surface area contributed by atoms with Gasteiger partial charge in [0.1, 0.15) is 0 Å². The van der Waals surface area contributed by atoms with Crippen LogP contribution in [-0.4, -0.2) is 45.8 Å². The molecule has 29 heavy (non-hydrogen) atoms. The molecule has 2 amide bonds. The number of benzene rings is 1. The minimum Gasteiger partial charge on any atom is -0.336 e. The van der Waals surface area contributed by atoms with Crippen molar-refractivity contribution in [3.8, 4) is 0 Å². The van der Waals surface area contributed by atoms with Gasteiger partial charge < -0.3 is 14.4 Å². The number of carbonyl (C=O) groups is 2. The third-order valence-corrected chi connectivity index (χ3v) is 5.90. The Hall–Kier alpha value is -2.89. The van der Waals surface area contributed by atoms with Crippen molar-refractivity contribution in [1.82, 2.24) is 14.4 Å². The molecule has 2 aliphatic rings. The first-order chi connectivity index (χ1) is 14.1. The highest BCUT2D eigenvalue weighted by molar-refractivity contribution is 5.85. The molecule has 0 N–H and O–H groups in total. The summed E-state index contributed by atoms with van der Waals surface area (Å²) in [6.07, 6.45) is 5.82. The molecule has 0 radical (unpaired) electrons. The topological polar surface area (TPSA) is 62.6 Å². The van der Waals surface area contributed by atoms with Gasteiger partial charge in [-0.3, -0.25) is 14.4 Å². The van der Waals surface area contributed by atoms with Crippen molar-refractivity contribution >= 4 is 11.8 Å². The Labute approximate surface area is 170 Å². The monoisotopic (exact) mass is 393 g/mol. The number of hydrogen-bond acceptors (Lipinski definition) is 3. The molecule has 1 fully saturated rings. The van der Waals surface area contributed by atoms with Gasteiger partial charge in [0.15, 0.2) is 0 Å². The van der Waals surface area contributed by atoms with Crippen molar-refractivity contribution in [2.75, 3.05) is 19.6 Å². The van der Waals surface area contributed by atoms with Crippen LogP contribution in [0.5, 0.6) is 0 Å². The lowest BCUT2D eigenvalue weighted by Gasteiger charge is -2.32. The van der Waals surface area contributed by atoms with E-state index >= 15 is 0 Å². The van der Waals surface area contributed by atoms with Crippen molar-refractivity contribution in [2.24, 2.45) is 0 Å². The number of fused-ring (bicyclic) bond motifs is 1. The molecule has 3 heterocycles. The smallest absolute Gasteiger partial charge is 0.250 e. The second-order valence-corrected chi connectivity index (χ2v) is 7.93. The van der Waals surface area contributed by atoms with Crippen molar-refractivity contribution in [1.29, 1.82) is 0 Å². The largest absolute Gasteiger partial charge is 0.336 e. The van der Waals surface area contributed by atoms with Gasteiger partial charge in [-0.15, -0.1) is 0 Å². The number of hydrogen-bond donors (Lipinski definition) is 0. The number of aromatic nitrogens is 1. The first kappa shape index (κ1) is 19.4. The Morgan fingerprint density at radius 3 is 2.59 bits per heavy atom. The number of aryl methyl sites for hydroxylation is 2. The Balaban J connectivity index is 1.43. The fourth-order valence-electron chi connectivity index (χ4n) is 4.15. The second kappa shape index (κ2) is 8.64. The summed E-state index contributed by atoms with van der Waals surface area (Å²) in [6, 6.07) is 11.8. The lowest BCUT2D eigenvalue weighted by atomic mass is 10.0. The van der Waals surface area contributed by atoms with Gasteiger partial charge in [-0.1, -0.05) is 30.3 Å². The molecule has 1 saturated heterocycles. The molecular formula is C23H27N3O3. The third-order valence-electron chi connectivity index (χ3n) is 5.90. The van der Waals surface area contributed by atoms with Crippen LogP contribution in [0.15, 0.2) is 47.4 Å². The maximum Gasteiger partial charge on any atom is 0.250 e. The molecule has 4 rings (SSSR count). The van der Waals surface area contributed by atoms with E-state index in [0.717, 1.165) is 30.4 Å². The highest BCUT2D eigenvalue weighted by Gasteiger charge is 2.26. The lowest BCUT2D eigenvalue weighted by molar-refractivity contribution is -0.142. The summed E-state index contributed by atoms with van der Waals surface area (Å²) in [6.45, 7) is 2.56. The van der Waals surface area contributed by atoms with Crippen LogP contribution in [-0.2, 0) is 35.5 Å². The molecule has 1 aromatic heterocycles. The van der Waals surface area contributed by atoms with Crippen molar-refractivity contribution in [3.05, 3.63) is 69.6 Å². The summed E-state index contributed by atoms with van der Waals surface area (Å²) >= 11 is 0. The molecule has 1 aromatic carbocycles. The predicted molar refractivity (Wildman–Crippen MR) is 110 cm³/mol. The van der Waals surface area contributed by atoms with Crippen LogP contribution in [0.3, 0.4) is 0 Å². The van der Waals surface area contributed by atoms with E-state index in [1.54, 1.807) is 15.5 Å². The highest BCUT2D eigenvalue weighted by atomic mass is 16.2. The molecule has 0 atom stereocenters. The lowest BCUT2D eigenvalue weighted by Crippen LogP contribution is -2.46. The third kappa shape index (κ3) is 4.58. The molecular weight excluding hydrogens is 366 g/mol. The standard InChI is InChI=1S/C23H27N3O3/c27-21-8-4-5-11-24(21)17-23(29)26-13-10-19-14-22(28)25(15-20(19)16-26)12-9-18-6-2-1-3-7-18/h1-3,6-7,14-15H,4-5,8-13,16-17H2. The van der Waals surface area contributed by atoms with E-state index in [1.165, 1.54) is 5.56 Å². The first-order valence-electron chi connectivity index (χ1n) is 10.4. The quantitative estimate of drug-likeness (QED) is 0.781. The average Bonchev–Trinajstić information content (AvgIpc) is 2.74. The zero-order valence-corrected chi connectivity index (χ0v) is 16.7. The normalized spacial score (nSPS) is 16.6. The summed E-state index contributed by atoms with van der Waals surface area (Å²) in [5.41, 5.74) is 3.27. The maximum atomic E-state index is 12.7. The summed E-state index contributed by atoms with van der Waals surface area (Å²) in [7, 11) is 0. The minimum atomic E-state index is -0.00654. The number of rotatable bonds is 5. The van der Waals surface area contributed by atoms with Gasteiger partial charge in [0, 0.05) is 44.9 Å². The Bertz CT molecular complexity index is 952. The zero-order valence-electron chi connectivity index (χ0n) is 16.7. The van der Waals surface area contributed by atoms with Crippen molar-refractivity contribution in [3.63, 3.8) is 0 Å².